The van der Waals surface area contributed by atoms with Crippen molar-refractivity contribution in [3.63, 3.8) is 0 Å². The molecule has 7 heteroatoms. The molecule has 1 saturated carbocycles. The molecule has 2 N–H and O–H groups in total. The number of hydrogen-bond donors (Lipinski definition) is 1. The van der Waals surface area contributed by atoms with Crippen molar-refractivity contribution in [2.45, 2.75) is 26.3 Å². The molecule has 0 unspecified atom stereocenters. The Morgan fingerprint density at radius 1 is 1.34 bits per heavy atom. The normalized spacial score (nSPS) is 13.3. The Kier molecular flexibility index (Phi) is 4.85. The van der Waals surface area contributed by atoms with E-state index >= 15 is 0 Å². The number of nitrogen functional groups attached to an aromatic ring is 1. The van der Waals surface area contributed by atoms with Crippen LogP contribution in [0.15, 0.2) is 36.5 Å². The van der Waals surface area contributed by atoms with Crippen molar-refractivity contribution in [3.05, 3.63) is 64.7 Å². The van der Waals surface area contributed by atoms with E-state index in [0.29, 0.717) is 40.4 Å². The lowest BCUT2D eigenvalue weighted by Crippen LogP contribution is -2.33. The number of amides is 1. The number of anilines is 1. The van der Waals surface area contributed by atoms with Gasteiger partial charge in [-0.3, -0.25) is 9.78 Å². The highest BCUT2D eigenvalue weighted by molar-refractivity contribution is 5.98. The molecule has 0 atom stereocenters. The number of aryl methyl sites for hydroxylation is 1. The minimum Gasteiger partial charge on any atom is -0.383 e. The van der Waals surface area contributed by atoms with Crippen LogP contribution < -0.4 is 5.73 Å². The Morgan fingerprint density at radius 2 is 2.14 bits per heavy atom. The van der Waals surface area contributed by atoms with Crippen LogP contribution in [0.25, 0.3) is 10.9 Å². The van der Waals surface area contributed by atoms with E-state index in [2.05, 4.69) is 9.97 Å². The van der Waals surface area contributed by atoms with Gasteiger partial charge >= 0.3 is 0 Å². The minimum absolute atomic E-state index is 0.0118. The third-order valence-corrected chi connectivity index (χ3v) is 5.13. The van der Waals surface area contributed by atoms with Crippen LogP contribution in [0.2, 0.25) is 0 Å². The second kappa shape index (κ2) is 7.47. The maximum atomic E-state index is 14.8. The highest BCUT2D eigenvalue weighted by atomic mass is 19.1. The van der Waals surface area contributed by atoms with Crippen LogP contribution in [0.4, 0.5) is 10.2 Å². The zero-order valence-electron chi connectivity index (χ0n) is 16.0. The van der Waals surface area contributed by atoms with E-state index in [0.717, 1.165) is 18.4 Å². The molecule has 1 aromatic carbocycles. The first-order valence-corrected chi connectivity index (χ1v) is 9.45. The van der Waals surface area contributed by atoms with Gasteiger partial charge in [-0.25, -0.2) is 9.37 Å². The number of nitrogens with two attached hydrogens (primary N) is 1. The maximum absolute atomic E-state index is 14.8. The molecule has 1 amide bonds. The van der Waals surface area contributed by atoms with Gasteiger partial charge in [0, 0.05) is 24.2 Å². The van der Waals surface area contributed by atoms with Crippen LogP contribution in [0.1, 0.15) is 40.0 Å². The summed E-state index contributed by atoms with van der Waals surface area (Å²) in [6.07, 6.45) is 3.60. The molecule has 4 rings (SSSR count). The number of benzene rings is 1. The Hall–Kier alpha value is -3.53. The first-order valence-electron chi connectivity index (χ1n) is 9.45. The molecule has 0 radical (unpaired) electrons. The van der Waals surface area contributed by atoms with Gasteiger partial charge in [0.25, 0.3) is 5.91 Å². The van der Waals surface area contributed by atoms with E-state index < -0.39 is 5.82 Å². The summed E-state index contributed by atoms with van der Waals surface area (Å²) >= 11 is 0. The average Bonchev–Trinajstić information content (AvgIpc) is 3.52. The van der Waals surface area contributed by atoms with Gasteiger partial charge in [-0.1, -0.05) is 0 Å². The summed E-state index contributed by atoms with van der Waals surface area (Å²) in [7, 11) is 0. The van der Waals surface area contributed by atoms with Crippen LogP contribution in [-0.2, 0) is 6.54 Å². The Labute approximate surface area is 167 Å². The number of carbonyl (C=O) groups excluding carboxylic acids is 1. The summed E-state index contributed by atoms with van der Waals surface area (Å²) in [5.41, 5.74) is 8.14. The van der Waals surface area contributed by atoms with E-state index in [1.165, 1.54) is 12.3 Å². The first-order chi connectivity index (χ1) is 13.9. The second-order valence-electron chi connectivity index (χ2n) is 7.49. The summed E-state index contributed by atoms with van der Waals surface area (Å²) in [5, 5.41) is 9.59. The van der Waals surface area contributed by atoms with Crippen molar-refractivity contribution < 1.29 is 9.18 Å². The molecule has 0 aliphatic heterocycles. The SMILES string of the molecule is Cc1cc2cc(C(=O)N(Cc3ccc(C#N)cn3)CC3CC3)c(F)cc2nc1N. The van der Waals surface area contributed by atoms with Crippen LogP contribution in [0.5, 0.6) is 0 Å². The topological polar surface area (TPSA) is 95.9 Å². The van der Waals surface area contributed by atoms with Crippen molar-refractivity contribution in [1.82, 2.24) is 14.9 Å². The predicted octanol–water partition coefficient (Wildman–Crippen LogP) is 3.58. The maximum Gasteiger partial charge on any atom is 0.257 e. The van der Waals surface area contributed by atoms with Crippen LogP contribution >= 0.6 is 0 Å². The fraction of sp³-hybridized carbons (Fsp3) is 0.273. The number of nitriles is 1. The zero-order valence-corrected chi connectivity index (χ0v) is 16.0. The Bertz CT molecular complexity index is 1130. The third kappa shape index (κ3) is 4.02. The highest BCUT2D eigenvalue weighted by Crippen LogP contribution is 2.31. The number of halogens is 1. The summed E-state index contributed by atoms with van der Waals surface area (Å²) in [5.74, 6) is -0.216. The lowest BCUT2D eigenvalue weighted by Gasteiger charge is -2.23. The van der Waals surface area contributed by atoms with Crippen LogP contribution in [-0.4, -0.2) is 27.3 Å². The molecule has 3 aromatic rings. The number of hydrogen-bond acceptors (Lipinski definition) is 5. The van der Waals surface area contributed by atoms with Gasteiger partial charge in [0.2, 0.25) is 0 Å². The van der Waals surface area contributed by atoms with Crippen molar-refractivity contribution >= 4 is 22.6 Å². The van der Waals surface area contributed by atoms with Gasteiger partial charge in [0.1, 0.15) is 17.7 Å². The fourth-order valence-electron chi connectivity index (χ4n) is 3.26. The Balaban J connectivity index is 1.66. The van der Waals surface area contributed by atoms with Gasteiger partial charge in [-0.15, -0.1) is 0 Å². The second-order valence-corrected chi connectivity index (χ2v) is 7.49. The van der Waals surface area contributed by atoms with Gasteiger partial charge in [-0.05, 0) is 55.5 Å². The molecule has 1 aliphatic rings. The molecule has 1 aliphatic carbocycles. The van der Waals surface area contributed by atoms with Crippen LogP contribution in [0, 0.1) is 30.0 Å². The predicted molar refractivity (Wildman–Crippen MR) is 107 cm³/mol. The lowest BCUT2D eigenvalue weighted by molar-refractivity contribution is 0.0728. The van der Waals surface area contributed by atoms with Gasteiger partial charge in [-0.2, -0.15) is 5.26 Å². The number of carbonyl (C=O) groups is 1. The molecule has 0 saturated heterocycles. The van der Waals surface area contributed by atoms with Gasteiger partial charge in [0.15, 0.2) is 0 Å². The van der Waals surface area contributed by atoms with Gasteiger partial charge < -0.3 is 10.6 Å². The molecular weight excluding hydrogens is 369 g/mol. The zero-order chi connectivity index (χ0) is 20.5. The minimum atomic E-state index is -0.619. The van der Waals surface area contributed by atoms with Crippen molar-refractivity contribution in [2.24, 2.45) is 5.92 Å². The van der Waals surface area contributed by atoms with Crippen LogP contribution in [0.3, 0.4) is 0 Å². The molecule has 0 bridgehead atoms. The van der Waals surface area contributed by atoms with E-state index in [1.807, 2.05) is 13.0 Å². The standard InChI is InChI=1S/C22H20FN5O/c1-13-6-16-7-18(19(23)8-20(16)27-21(13)25)22(29)28(11-14-2-3-14)12-17-5-4-15(9-24)10-26-17/h4-8,10,14H,2-3,11-12H2,1H3,(H2,25,27). The molecule has 2 aromatic heterocycles. The third-order valence-electron chi connectivity index (χ3n) is 5.13. The van der Waals surface area contributed by atoms with E-state index in [-0.39, 0.29) is 18.0 Å². The largest absolute Gasteiger partial charge is 0.383 e. The summed E-state index contributed by atoms with van der Waals surface area (Å²) in [6.45, 7) is 2.64. The molecule has 1 fully saturated rings. The lowest BCUT2D eigenvalue weighted by atomic mass is 10.1. The molecule has 6 nitrogen and oxygen atoms in total. The molecule has 146 valence electrons. The Morgan fingerprint density at radius 3 is 2.79 bits per heavy atom. The van der Waals surface area contributed by atoms with Crippen molar-refractivity contribution in [1.29, 1.82) is 5.26 Å². The number of aromatic nitrogens is 2. The van der Waals surface area contributed by atoms with E-state index in [9.17, 15) is 9.18 Å². The summed E-state index contributed by atoms with van der Waals surface area (Å²) in [4.78, 5) is 23.3. The van der Waals surface area contributed by atoms with Gasteiger partial charge in [0.05, 0.1) is 28.9 Å². The van der Waals surface area contributed by atoms with Crippen molar-refractivity contribution in [2.75, 3.05) is 12.3 Å². The molecule has 2 heterocycles. The monoisotopic (exact) mass is 389 g/mol. The van der Waals surface area contributed by atoms with Crippen molar-refractivity contribution in [3.8, 4) is 6.07 Å². The summed E-state index contributed by atoms with van der Waals surface area (Å²) in [6, 6.07) is 10.0. The number of nitrogens with zero attached hydrogens (tertiary/aromatic N) is 4. The first kappa shape index (κ1) is 18.8. The smallest absolute Gasteiger partial charge is 0.257 e. The van der Waals surface area contributed by atoms with E-state index in [1.54, 1.807) is 29.2 Å². The quantitative estimate of drug-likeness (QED) is 0.719. The highest BCUT2D eigenvalue weighted by Gasteiger charge is 2.29. The fourth-order valence-corrected chi connectivity index (χ4v) is 3.26. The average molecular weight is 389 g/mol. The van der Waals surface area contributed by atoms with E-state index in [4.69, 9.17) is 11.0 Å². The molecule has 29 heavy (non-hydrogen) atoms. The number of rotatable bonds is 5. The number of fused-ring (bicyclic) bond motifs is 1. The number of pyridine rings is 2. The molecular formula is C22H20FN5O. The molecule has 0 spiro atoms. The summed E-state index contributed by atoms with van der Waals surface area (Å²) < 4.78 is 14.8.